The van der Waals surface area contributed by atoms with Crippen LogP contribution in [0.4, 0.5) is 10.1 Å². The van der Waals surface area contributed by atoms with Crippen LogP contribution < -0.4 is 5.73 Å². The minimum Gasteiger partial charge on any atom is -0.396 e. The largest absolute Gasteiger partial charge is 0.396 e. The Morgan fingerprint density at radius 1 is 1.33 bits per heavy atom. The lowest BCUT2D eigenvalue weighted by atomic mass is 9.80. The number of halogens is 1. The van der Waals surface area contributed by atoms with E-state index < -0.39 is 15.8 Å². The highest BCUT2D eigenvalue weighted by atomic mass is 32.2. The molecule has 0 aromatic heterocycles. The van der Waals surface area contributed by atoms with Crippen molar-refractivity contribution in [2.45, 2.75) is 39.0 Å². The summed E-state index contributed by atoms with van der Waals surface area (Å²) in [5, 5.41) is 0. The quantitative estimate of drug-likeness (QED) is 0.854. The van der Waals surface area contributed by atoms with E-state index >= 15 is 0 Å². The molecular formula is C15H23FN2O2S. The van der Waals surface area contributed by atoms with Crippen LogP contribution in [0.15, 0.2) is 17.0 Å². The van der Waals surface area contributed by atoms with Gasteiger partial charge in [0.15, 0.2) is 0 Å². The standard InChI is InChI=1S/C15H23FN2O2S/c1-10-7-12(16)13(17)8-14(10)21(19,20)18-6-5-11(9-18)15(2,3)4/h7-8,11H,5-6,9,17H2,1-4H3. The second-order valence-electron chi connectivity index (χ2n) is 6.85. The van der Waals surface area contributed by atoms with E-state index in [1.54, 1.807) is 6.92 Å². The third-order valence-electron chi connectivity index (χ3n) is 4.29. The molecule has 1 aromatic rings. The molecule has 0 aliphatic carbocycles. The fourth-order valence-electron chi connectivity index (χ4n) is 2.74. The van der Waals surface area contributed by atoms with Crippen LogP contribution in [0.25, 0.3) is 0 Å². The topological polar surface area (TPSA) is 63.4 Å². The van der Waals surface area contributed by atoms with Crippen LogP contribution in [0.1, 0.15) is 32.8 Å². The van der Waals surface area contributed by atoms with E-state index in [4.69, 9.17) is 5.73 Å². The molecular weight excluding hydrogens is 291 g/mol. The second kappa shape index (κ2) is 5.25. The minimum absolute atomic E-state index is 0.0706. The first-order chi connectivity index (χ1) is 9.53. The number of benzene rings is 1. The molecule has 1 fully saturated rings. The Hall–Kier alpha value is -1.14. The van der Waals surface area contributed by atoms with Gasteiger partial charge < -0.3 is 5.73 Å². The fraction of sp³-hybridized carbons (Fsp3) is 0.600. The fourth-order valence-corrected chi connectivity index (χ4v) is 4.48. The molecule has 2 N–H and O–H groups in total. The van der Waals surface area contributed by atoms with Gasteiger partial charge in [0.05, 0.1) is 10.6 Å². The highest BCUT2D eigenvalue weighted by Crippen LogP contribution is 2.36. The molecule has 1 atom stereocenters. The first kappa shape index (κ1) is 16.2. The van der Waals surface area contributed by atoms with Crippen LogP contribution in [0, 0.1) is 24.1 Å². The maximum atomic E-state index is 13.4. The van der Waals surface area contributed by atoms with Crippen LogP contribution in [0.2, 0.25) is 0 Å². The average Bonchev–Trinajstić information content (AvgIpc) is 2.83. The molecule has 0 spiro atoms. The predicted octanol–water partition coefficient (Wildman–Crippen LogP) is 2.77. The van der Waals surface area contributed by atoms with Gasteiger partial charge in [-0.1, -0.05) is 20.8 Å². The number of sulfonamides is 1. The van der Waals surface area contributed by atoms with Gasteiger partial charge in [-0.25, -0.2) is 12.8 Å². The zero-order chi connectivity index (χ0) is 16.0. The van der Waals surface area contributed by atoms with Gasteiger partial charge in [-0.3, -0.25) is 0 Å². The molecule has 1 aromatic carbocycles. The third kappa shape index (κ3) is 3.06. The molecule has 21 heavy (non-hydrogen) atoms. The summed E-state index contributed by atoms with van der Waals surface area (Å²) in [7, 11) is -3.62. The molecule has 1 aliphatic rings. The first-order valence-electron chi connectivity index (χ1n) is 7.09. The van der Waals surface area contributed by atoms with Gasteiger partial charge in [0, 0.05) is 13.1 Å². The molecule has 4 nitrogen and oxygen atoms in total. The highest BCUT2D eigenvalue weighted by Gasteiger charge is 2.38. The Balaban J connectivity index is 2.34. The molecule has 118 valence electrons. The van der Waals surface area contributed by atoms with E-state index in [-0.39, 0.29) is 16.0 Å². The lowest BCUT2D eigenvalue weighted by Crippen LogP contribution is -2.31. The lowest BCUT2D eigenvalue weighted by molar-refractivity contribution is 0.252. The SMILES string of the molecule is Cc1cc(F)c(N)cc1S(=O)(=O)N1CCC(C(C)(C)C)C1. The maximum Gasteiger partial charge on any atom is 0.243 e. The number of rotatable bonds is 2. The van der Waals surface area contributed by atoms with Gasteiger partial charge in [-0.05, 0) is 42.4 Å². The van der Waals surface area contributed by atoms with Gasteiger partial charge >= 0.3 is 0 Å². The van der Waals surface area contributed by atoms with Crippen LogP contribution >= 0.6 is 0 Å². The Morgan fingerprint density at radius 2 is 1.95 bits per heavy atom. The smallest absolute Gasteiger partial charge is 0.243 e. The summed E-state index contributed by atoms with van der Waals surface area (Å²) in [6.45, 7) is 8.95. The highest BCUT2D eigenvalue weighted by molar-refractivity contribution is 7.89. The summed E-state index contributed by atoms with van der Waals surface area (Å²) < 4.78 is 40.4. The zero-order valence-corrected chi connectivity index (χ0v) is 13.8. The van der Waals surface area contributed by atoms with Crippen molar-refractivity contribution in [3.05, 3.63) is 23.5 Å². The number of hydrogen-bond donors (Lipinski definition) is 1. The van der Waals surface area contributed by atoms with E-state index in [1.807, 2.05) is 0 Å². The lowest BCUT2D eigenvalue weighted by Gasteiger charge is -2.27. The molecule has 1 saturated heterocycles. The van der Waals surface area contributed by atoms with Crippen molar-refractivity contribution in [1.82, 2.24) is 4.31 Å². The number of nitrogens with zero attached hydrogens (tertiary/aromatic N) is 1. The molecule has 6 heteroatoms. The van der Waals surface area contributed by atoms with E-state index in [0.29, 0.717) is 24.6 Å². The summed E-state index contributed by atoms with van der Waals surface area (Å²) in [4.78, 5) is 0.107. The number of nitrogens with two attached hydrogens (primary N) is 1. The van der Waals surface area contributed by atoms with Gasteiger partial charge in [0.1, 0.15) is 5.82 Å². The van der Waals surface area contributed by atoms with Crippen LogP contribution in [0.5, 0.6) is 0 Å². The van der Waals surface area contributed by atoms with E-state index in [2.05, 4.69) is 20.8 Å². The summed E-state index contributed by atoms with van der Waals surface area (Å²) in [6.07, 6.45) is 0.846. The predicted molar refractivity (Wildman–Crippen MR) is 81.9 cm³/mol. The molecule has 0 radical (unpaired) electrons. The van der Waals surface area contributed by atoms with Crippen LogP contribution in [-0.2, 0) is 10.0 Å². The van der Waals surface area contributed by atoms with E-state index in [1.165, 1.54) is 16.4 Å². The first-order valence-corrected chi connectivity index (χ1v) is 8.53. The molecule has 0 saturated carbocycles. The van der Waals surface area contributed by atoms with Gasteiger partial charge in [0.2, 0.25) is 10.0 Å². The van der Waals surface area contributed by atoms with Crippen molar-refractivity contribution < 1.29 is 12.8 Å². The molecule has 1 aliphatic heterocycles. The van der Waals surface area contributed by atoms with Crippen molar-refractivity contribution in [2.75, 3.05) is 18.8 Å². The number of nitrogen functional groups attached to an aromatic ring is 1. The average molecular weight is 314 g/mol. The van der Waals surface area contributed by atoms with Crippen LogP contribution in [0.3, 0.4) is 0 Å². The van der Waals surface area contributed by atoms with Crippen molar-refractivity contribution >= 4 is 15.7 Å². The summed E-state index contributed by atoms with van der Waals surface area (Å²) in [5.74, 6) is -0.259. The number of hydrogen-bond acceptors (Lipinski definition) is 3. The van der Waals surface area contributed by atoms with E-state index in [0.717, 1.165) is 6.42 Å². The molecule has 1 unspecified atom stereocenters. The molecule has 1 heterocycles. The molecule has 0 bridgehead atoms. The van der Waals surface area contributed by atoms with Crippen molar-refractivity contribution in [3.63, 3.8) is 0 Å². The van der Waals surface area contributed by atoms with Crippen molar-refractivity contribution in [1.29, 1.82) is 0 Å². The minimum atomic E-state index is -3.62. The van der Waals surface area contributed by atoms with Gasteiger partial charge in [0.25, 0.3) is 0 Å². The Kier molecular flexibility index (Phi) is 4.06. The molecule has 0 amide bonds. The Labute approximate surface area is 126 Å². The van der Waals surface area contributed by atoms with Crippen LogP contribution in [-0.4, -0.2) is 25.8 Å². The Bertz CT molecular complexity index is 650. The zero-order valence-electron chi connectivity index (χ0n) is 13.0. The van der Waals surface area contributed by atoms with E-state index in [9.17, 15) is 12.8 Å². The van der Waals surface area contributed by atoms with Crippen molar-refractivity contribution in [2.24, 2.45) is 11.3 Å². The van der Waals surface area contributed by atoms with Crippen molar-refractivity contribution in [3.8, 4) is 0 Å². The third-order valence-corrected chi connectivity index (χ3v) is 6.29. The maximum absolute atomic E-state index is 13.4. The summed E-state index contributed by atoms with van der Waals surface area (Å²) >= 11 is 0. The Morgan fingerprint density at radius 3 is 2.48 bits per heavy atom. The number of aryl methyl sites for hydroxylation is 1. The monoisotopic (exact) mass is 314 g/mol. The summed E-state index contributed by atoms with van der Waals surface area (Å²) in [5.41, 5.74) is 5.85. The molecule has 2 rings (SSSR count). The normalized spacial score (nSPS) is 20.9. The summed E-state index contributed by atoms with van der Waals surface area (Å²) in [6, 6.07) is 2.41. The second-order valence-corrected chi connectivity index (χ2v) is 8.76. The van der Waals surface area contributed by atoms with Gasteiger partial charge in [-0.2, -0.15) is 4.31 Å². The van der Waals surface area contributed by atoms with Gasteiger partial charge in [-0.15, -0.1) is 0 Å². The number of anilines is 1.